The number of benzene rings is 1. The molecule has 0 heterocycles. The molecule has 0 amide bonds. The Morgan fingerprint density at radius 2 is 1.71 bits per heavy atom. The van der Waals surface area contributed by atoms with Crippen LogP contribution in [0.25, 0.3) is 0 Å². The van der Waals surface area contributed by atoms with Crippen LogP contribution < -0.4 is 5.73 Å². The van der Waals surface area contributed by atoms with Crippen LogP contribution in [0.2, 0.25) is 0 Å². The number of rotatable bonds is 3. The van der Waals surface area contributed by atoms with Gasteiger partial charge in [0.2, 0.25) is 0 Å². The fourth-order valence-electron chi connectivity index (χ4n) is 1.24. The van der Waals surface area contributed by atoms with E-state index >= 15 is 0 Å². The van der Waals surface area contributed by atoms with Gasteiger partial charge in [-0.2, -0.15) is 0 Å². The van der Waals surface area contributed by atoms with Crippen molar-refractivity contribution in [3.63, 3.8) is 0 Å². The van der Waals surface area contributed by atoms with E-state index in [9.17, 15) is 4.57 Å². The van der Waals surface area contributed by atoms with Crippen molar-refractivity contribution in [3.8, 4) is 0 Å². The maximum absolute atomic E-state index is 11.0. The molecule has 1 aromatic rings. The number of aliphatic hydroxyl groups excluding tert-OH is 1. The molecule has 2 unspecified atom stereocenters. The van der Waals surface area contributed by atoms with Crippen molar-refractivity contribution < 1.29 is 19.5 Å². The SMILES string of the molecule is NC(O)C(c1ccccc1)P(=O)(O)O. The molecular weight excluding hydrogens is 205 g/mol. The first-order chi connectivity index (χ1) is 6.43. The summed E-state index contributed by atoms with van der Waals surface area (Å²) in [5.41, 5.74) is 4.09. The number of hydrogen-bond donors (Lipinski definition) is 4. The summed E-state index contributed by atoms with van der Waals surface area (Å²) in [6.45, 7) is 0. The molecule has 0 aliphatic rings. The normalized spacial score (nSPS) is 16.3. The first-order valence-corrected chi connectivity index (χ1v) is 5.65. The van der Waals surface area contributed by atoms with Gasteiger partial charge in [0, 0.05) is 0 Å². The molecule has 0 saturated heterocycles. The van der Waals surface area contributed by atoms with E-state index < -0.39 is 19.5 Å². The fraction of sp³-hybridized carbons (Fsp3) is 0.250. The Bertz CT molecular complexity index is 334. The fourth-order valence-corrected chi connectivity index (χ4v) is 2.20. The molecule has 5 nitrogen and oxygen atoms in total. The van der Waals surface area contributed by atoms with Gasteiger partial charge in [0.05, 0.1) is 0 Å². The van der Waals surface area contributed by atoms with Gasteiger partial charge in [0.1, 0.15) is 11.9 Å². The van der Waals surface area contributed by atoms with E-state index in [1.54, 1.807) is 18.2 Å². The van der Waals surface area contributed by atoms with Crippen LogP contribution in [0.3, 0.4) is 0 Å². The van der Waals surface area contributed by atoms with Gasteiger partial charge >= 0.3 is 7.60 Å². The van der Waals surface area contributed by atoms with E-state index in [1.807, 2.05) is 0 Å². The van der Waals surface area contributed by atoms with Crippen LogP contribution in [0.5, 0.6) is 0 Å². The average Bonchev–Trinajstić information content (AvgIpc) is 2.02. The Labute approximate surface area is 81.3 Å². The Morgan fingerprint density at radius 3 is 2.07 bits per heavy atom. The molecule has 1 aromatic carbocycles. The van der Waals surface area contributed by atoms with Gasteiger partial charge in [0.25, 0.3) is 0 Å². The smallest absolute Gasteiger partial charge is 0.336 e. The first kappa shape index (κ1) is 11.4. The Morgan fingerprint density at radius 1 is 1.21 bits per heavy atom. The summed E-state index contributed by atoms with van der Waals surface area (Å²) in [4.78, 5) is 17.9. The van der Waals surface area contributed by atoms with Crippen molar-refractivity contribution in [3.05, 3.63) is 35.9 Å². The minimum atomic E-state index is -4.43. The van der Waals surface area contributed by atoms with Gasteiger partial charge in [-0.25, -0.2) is 0 Å². The lowest BCUT2D eigenvalue weighted by molar-refractivity contribution is 0.163. The molecule has 0 spiro atoms. The van der Waals surface area contributed by atoms with E-state index in [-0.39, 0.29) is 0 Å². The van der Waals surface area contributed by atoms with Crippen molar-refractivity contribution in [2.24, 2.45) is 5.73 Å². The van der Waals surface area contributed by atoms with Gasteiger partial charge in [-0.3, -0.25) is 4.57 Å². The van der Waals surface area contributed by atoms with Gasteiger partial charge in [0.15, 0.2) is 0 Å². The molecule has 0 aliphatic heterocycles. The van der Waals surface area contributed by atoms with Crippen LogP contribution in [-0.4, -0.2) is 21.1 Å². The summed E-state index contributed by atoms with van der Waals surface area (Å²) in [5.74, 6) is 0. The predicted octanol–water partition coefficient (Wildman–Crippen LogP) is 0.183. The molecule has 0 fully saturated rings. The van der Waals surface area contributed by atoms with E-state index in [1.165, 1.54) is 12.1 Å². The molecule has 0 aliphatic carbocycles. The zero-order valence-corrected chi connectivity index (χ0v) is 8.21. The van der Waals surface area contributed by atoms with Crippen molar-refractivity contribution in [1.29, 1.82) is 0 Å². The van der Waals surface area contributed by atoms with Crippen LogP contribution in [0, 0.1) is 0 Å². The molecular formula is C8H12NO4P. The second kappa shape index (κ2) is 4.21. The predicted molar refractivity (Wildman–Crippen MR) is 51.4 cm³/mol. The van der Waals surface area contributed by atoms with Crippen molar-refractivity contribution in [2.45, 2.75) is 11.9 Å². The quantitative estimate of drug-likeness (QED) is 0.427. The molecule has 0 aromatic heterocycles. The summed E-state index contributed by atoms with van der Waals surface area (Å²) in [6.07, 6.45) is -1.57. The summed E-state index contributed by atoms with van der Waals surface area (Å²) in [7, 11) is -4.43. The average molecular weight is 217 g/mol. The third-order valence-corrected chi connectivity index (χ3v) is 3.16. The van der Waals surface area contributed by atoms with Gasteiger partial charge in [-0.05, 0) is 5.56 Å². The molecule has 0 saturated carbocycles. The topological polar surface area (TPSA) is 104 Å². The lowest BCUT2D eigenvalue weighted by atomic mass is 10.1. The van der Waals surface area contributed by atoms with Crippen LogP contribution in [-0.2, 0) is 4.57 Å². The van der Waals surface area contributed by atoms with E-state index in [0.29, 0.717) is 5.56 Å². The Kier molecular flexibility index (Phi) is 3.42. The molecule has 0 radical (unpaired) electrons. The van der Waals surface area contributed by atoms with Gasteiger partial charge in [-0.15, -0.1) is 0 Å². The summed E-state index contributed by atoms with van der Waals surface area (Å²) >= 11 is 0. The minimum Gasteiger partial charge on any atom is -0.377 e. The maximum atomic E-state index is 11.0. The Balaban J connectivity index is 3.08. The molecule has 1 rings (SSSR count). The molecule has 14 heavy (non-hydrogen) atoms. The zero-order valence-electron chi connectivity index (χ0n) is 7.32. The zero-order chi connectivity index (χ0) is 10.8. The second-order valence-corrected chi connectivity index (χ2v) is 4.67. The van der Waals surface area contributed by atoms with Crippen molar-refractivity contribution in [2.75, 3.05) is 0 Å². The van der Waals surface area contributed by atoms with Gasteiger partial charge < -0.3 is 20.6 Å². The van der Waals surface area contributed by atoms with Crippen LogP contribution in [0.1, 0.15) is 11.2 Å². The highest BCUT2D eigenvalue weighted by Gasteiger charge is 2.34. The first-order valence-electron chi connectivity index (χ1n) is 3.96. The monoisotopic (exact) mass is 217 g/mol. The third-order valence-electron chi connectivity index (χ3n) is 1.83. The van der Waals surface area contributed by atoms with Crippen LogP contribution >= 0.6 is 7.60 Å². The summed E-state index contributed by atoms with van der Waals surface area (Å²) < 4.78 is 11.0. The number of aliphatic hydroxyl groups is 1. The second-order valence-electron chi connectivity index (χ2n) is 2.94. The summed E-state index contributed by atoms with van der Waals surface area (Å²) in [5, 5.41) is 9.09. The summed E-state index contributed by atoms with van der Waals surface area (Å²) in [6, 6.07) is 7.99. The molecule has 2 atom stereocenters. The molecule has 6 heteroatoms. The van der Waals surface area contributed by atoms with E-state index in [0.717, 1.165) is 0 Å². The van der Waals surface area contributed by atoms with E-state index in [4.69, 9.17) is 20.6 Å². The standard InChI is InChI=1S/C8H12NO4P/c9-8(10)7(14(11,12)13)6-4-2-1-3-5-6/h1-5,7-8,10H,9H2,(H2,11,12,13). The van der Waals surface area contributed by atoms with Gasteiger partial charge in [-0.1, -0.05) is 30.3 Å². The van der Waals surface area contributed by atoms with Crippen molar-refractivity contribution in [1.82, 2.24) is 0 Å². The number of hydrogen-bond acceptors (Lipinski definition) is 3. The largest absolute Gasteiger partial charge is 0.377 e. The highest BCUT2D eigenvalue weighted by Crippen LogP contribution is 2.52. The molecule has 5 N–H and O–H groups in total. The third kappa shape index (κ3) is 2.64. The lowest BCUT2D eigenvalue weighted by Gasteiger charge is -2.20. The number of nitrogens with two attached hydrogens (primary N) is 1. The van der Waals surface area contributed by atoms with Crippen molar-refractivity contribution >= 4 is 7.60 Å². The Hall–Kier alpha value is -0.710. The van der Waals surface area contributed by atoms with Crippen LogP contribution in [0.4, 0.5) is 0 Å². The maximum Gasteiger partial charge on any atom is 0.336 e. The highest BCUT2D eigenvalue weighted by molar-refractivity contribution is 7.52. The van der Waals surface area contributed by atoms with Crippen LogP contribution in [0.15, 0.2) is 30.3 Å². The minimum absolute atomic E-state index is 0.329. The highest BCUT2D eigenvalue weighted by atomic mass is 31.2. The molecule has 0 bridgehead atoms. The van der Waals surface area contributed by atoms with E-state index in [2.05, 4.69) is 0 Å². The molecule has 78 valence electrons. The lowest BCUT2D eigenvalue weighted by Crippen LogP contribution is -2.27.